The summed E-state index contributed by atoms with van der Waals surface area (Å²) in [4.78, 5) is 31.1. The van der Waals surface area contributed by atoms with Crippen LogP contribution in [0.4, 0.5) is 5.69 Å². The Labute approximate surface area is 168 Å². The maximum Gasteiger partial charge on any atom is 0.264 e. The molecular weight excluding hydrogens is 392 g/mol. The number of sulfonamides is 1. The van der Waals surface area contributed by atoms with Gasteiger partial charge in [0.2, 0.25) is 5.91 Å². The minimum atomic E-state index is -3.90. The zero-order valence-electron chi connectivity index (χ0n) is 15.5. The number of nitrogens with one attached hydrogen (secondary N) is 3. The summed E-state index contributed by atoms with van der Waals surface area (Å²) >= 11 is 0. The lowest BCUT2D eigenvalue weighted by atomic mass is 10.0. The molecule has 150 valence electrons. The van der Waals surface area contributed by atoms with Gasteiger partial charge >= 0.3 is 0 Å². The molecule has 29 heavy (non-hydrogen) atoms. The Bertz CT molecular complexity index is 1050. The minimum absolute atomic E-state index is 0.0263. The third-order valence-electron chi connectivity index (χ3n) is 4.13. The topological polar surface area (TPSA) is 117 Å². The van der Waals surface area contributed by atoms with Crippen LogP contribution in [-0.2, 0) is 19.6 Å². The normalized spacial score (nSPS) is 13.8. The van der Waals surface area contributed by atoms with E-state index in [-0.39, 0.29) is 22.8 Å². The molecule has 1 heterocycles. The van der Waals surface area contributed by atoms with E-state index in [4.69, 9.17) is 0 Å². The van der Waals surface area contributed by atoms with Crippen molar-refractivity contribution in [2.45, 2.75) is 24.2 Å². The summed E-state index contributed by atoms with van der Waals surface area (Å²) in [7, 11) is -3.90. The van der Waals surface area contributed by atoms with Crippen molar-refractivity contribution in [3.63, 3.8) is 0 Å². The van der Waals surface area contributed by atoms with Gasteiger partial charge in [-0.3, -0.25) is 20.0 Å². The van der Waals surface area contributed by atoms with Crippen LogP contribution in [0, 0.1) is 0 Å². The fourth-order valence-electron chi connectivity index (χ4n) is 2.73. The van der Waals surface area contributed by atoms with Crippen molar-refractivity contribution in [2.24, 2.45) is 4.99 Å². The van der Waals surface area contributed by atoms with Crippen molar-refractivity contribution in [2.75, 3.05) is 5.32 Å². The lowest BCUT2D eigenvalue weighted by Crippen LogP contribution is -2.42. The molecule has 2 aromatic rings. The number of hydrazine groups is 1. The van der Waals surface area contributed by atoms with Gasteiger partial charge in [0.25, 0.3) is 15.9 Å². The average Bonchev–Trinajstić information content (AvgIpc) is 2.74. The molecule has 3 N–H and O–H groups in total. The SMILES string of the molecule is O=C(CC1=C(C(=O)NNS(=O)(=O)c2ccccc2)CCC=N1)Nc1ccccc1. The summed E-state index contributed by atoms with van der Waals surface area (Å²) in [5.41, 5.74) is 3.42. The zero-order valence-corrected chi connectivity index (χ0v) is 16.3. The number of aliphatic imine (C=N–C) groups is 1. The van der Waals surface area contributed by atoms with E-state index in [0.717, 1.165) is 0 Å². The van der Waals surface area contributed by atoms with E-state index in [1.54, 1.807) is 48.7 Å². The molecule has 2 aromatic carbocycles. The summed E-state index contributed by atoms with van der Waals surface area (Å²) in [6.07, 6.45) is 2.42. The molecule has 0 bridgehead atoms. The van der Waals surface area contributed by atoms with Crippen LogP contribution in [0.5, 0.6) is 0 Å². The number of hydrogen-bond donors (Lipinski definition) is 3. The van der Waals surface area contributed by atoms with E-state index in [0.29, 0.717) is 24.2 Å². The Morgan fingerprint density at radius 1 is 0.966 bits per heavy atom. The molecule has 0 atom stereocenters. The van der Waals surface area contributed by atoms with Crippen LogP contribution in [0.2, 0.25) is 0 Å². The lowest BCUT2D eigenvalue weighted by molar-refractivity contribution is -0.118. The average molecular weight is 412 g/mol. The highest BCUT2D eigenvalue weighted by molar-refractivity contribution is 7.89. The number of rotatable bonds is 7. The molecular formula is C20H20N4O4S. The molecule has 0 aromatic heterocycles. The molecule has 3 rings (SSSR count). The van der Waals surface area contributed by atoms with Crippen LogP contribution < -0.4 is 15.6 Å². The van der Waals surface area contributed by atoms with Crippen LogP contribution >= 0.6 is 0 Å². The Morgan fingerprint density at radius 2 is 1.62 bits per heavy atom. The molecule has 1 aliphatic heterocycles. The highest BCUT2D eigenvalue weighted by Crippen LogP contribution is 2.21. The van der Waals surface area contributed by atoms with E-state index in [1.807, 2.05) is 6.07 Å². The first-order valence-electron chi connectivity index (χ1n) is 8.92. The van der Waals surface area contributed by atoms with Crippen molar-refractivity contribution in [1.82, 2.24) is 10.3 Å². The smallest absolute Gasteiger partial charge is 0.264 e. The molecule has 0 unspecified atom stereocenters. The second kappa shape index (κ2) is 9.26. The number of nitrogens with zero attached hydrogens (tertiary/aromatic N) is 1. The highest BCUT2D eigenvalue weighted by Gasteiger charge is 2.22. The van der Waals surface area contributed by atoms with Crippen LogP contribution in [-0.4, -0.2) is 26.4 Å². The van der Waals surface area contributed by atoms with Crippen molar-refractivity contribution < 1.29 is 18.0 Å². The fourth-order valence-corrected chi connectivity index (χ4v) is 3.59. The maximum absolute atomic E-state index is 12.5. The highest BCUT2D eigenvalue weighted by atomic mass is 32.2. The van der Waals surface area contributed by atoms with Gasteiger partial charge in [0.15, 0.2) is 0 Å². The molecule has 2 amide bonds. The number of para-hydroxylation sites is 1. The van der Waals surface area contributed by atoms with Gasteiger partial charge in [-0.15, -0.1) is 4.83 Å². The zero-order chi connectivity index (χ0) is 20.7. The van der Waals surface area contributed by atoms with Gasteiger partial charge in [-0.2, -0.15) is 0 Å². The number of carbonyl (C=O) groups excluding carboxylic acids is 2. The molecule has 0 radical (unpaired) electrons. The van der Waals surface area contributed by atoms with Crippen molar-refractivity contribution in [3.05, 3.63) is 71.9 Å². The van der Waals surface area contributed by atoms with Crippen LogP contribution in [0.1, 0.15) is 19.3 Å². The Hall–Kier alpha value is -3.30. The molecule has 0 saturated heterocycles. The quantitative estimate of drug-likeness (QED) is 0.604. The summed E-state index contributed by atoms with van der Waals surface area (Å²) in [5, 5.41) is 2.74. The van der Waals surface area contributed by atoms with Crippen LogP contribution in [0.25, 0.3) is 0 Å². The van der Waals surface area contributed by atoms with E-state index < -0.39 is 15.9 Å². The second-order valence-electron chi connectivity index (χ2n) is 6.24. The van der Waals surface area contributed by atoms with E-state index in [9.17, 15) is 18.0 Å². The third-order valence-corrected chi connectivity index (χ3v) is 5.39. The first-order valence-corrected chi connectivity index (χ1v) is 10.4. The van der Waals surface area contributed by atoms with Gasteiger partial charge in [0.1, 0.15) is 0 Å². The van der Waals surface area contributed by atoms with E-state index in [2.05, 4.69) is 20.6 Å². The first-order chi connectivity index (χ1) is 14.0. The summed E-state index contributed by atoms with van der Waals surface area (Å²) in [6, 6.07) is 16.6. The largest absolute Gasteiger partial charge is 0.326 e. The number of anilines is 1. The van der Waals surface area contributed by atoms with Crippen molar-refractivity contribution in [1.29, 1.82) is 0 Å². The number of hydrogen-bond acceptors (Lipinski definition) is 5. The molecule has 8 nitrogen and oxygen atoms in total. The van der Waals surface area contributed by atoms with Crippen molar-refractivity contribution in [3.8, 4) is 0 Å². The molecule has 0 saturated carbocycles. The van der Waals surface area contributed by atoms with Gasteiger partial charge in [0.05, 0.1) is 17.0 Å². The number of amides is 2. The first kappa shape index (κ1) is 20.4. The molecule has 0 spiro atoms. The molecule has 0 aliphatic carbocycles. The maximum atomic E-state index is 12.5. The second-order valence-corrected chi connectivity index (χ2v) is 7.92. The Kier molecular flexibility index (Phi) is 6.53. The Morgan fingerprint density at radius 3 is 2.31 bits per heavy atom. The van der Waals surface area contributed by atoms with E-state index >= 15 is 0 Å². The molecule has 0 fully saturated rings. The van der Waals surface area contributed by atoms with Crippen LogP contribution in [0.3, 0.4) is 0 Å². The van der Waals surface area contributed by atoms with Gasteiger partial charge in [-0.05, 0) is 37.1 Å². The third kappa shape index (κ3) is 5.59. The monoisotopic (exact) mass is 412 g/mol. The standard InChI is InChI=1S/C20H20N4O4S/c25-19(22-15-8-3-1-4-9-15)14-18-17(12-7-13-21-18)20(26)23-24-29(27,28)16-10-5-2-6-11-16/h1-6,8-11,13,24H,7,12,14H2,(H,22,25)(H,23,26). The Balaban J connectivity index is 1.67. The predicted molar refractivity (Wildman–Crippen MR) is 109 cm³/mol. The summed E-state index contributed by atoms with van der Waals surface area (Å²) in [6.45, 7) is 0. The molecule has 9 heteroatoms. The van der Waals surface area contributed by atoms with Crippen molar-refractivity contribution >= 4 is 33.7 Å². The summed E-state index contributed by atoms with van der Waals surface area (Å²) < 4.78 is 24.5. The molecule has 1 aliphatic rings. The lowest BCUT2D eigenvalue weighted by Gasteiger charge is -2.16. The van der Waals surface area contributed by atoms with Gasteiger partial charge < -0.3 is 5.32 Å². The predicted octanol–water partition coefficient (Wildman–Crippen LogP) is 2.14. The minimum Gasteiger partial charge on any atom is -0.326 e. The number of benzene rings is 2. The van der Waals surface area contributed by atoms with Gasteiger partial charge in [0, 0.05) is 17.5 Å². The summed E-state index contributed by atoms with van der Waals surface area (Å²) in [5.74, 6) is -0.954. The number of carbonyl (C=O) groups is 2. The van der Waals surface area contributed by atoms with E-state index in [1.165, 1.54) is 12.1 Å². The van der Waals surface area contributed by atoms with Crippen LogP contribution in [0.15, 0.2) is 81.8 Å². The van der Waals surface area contributed by atoms with Gasteiger partial charge in [-0.1, -0.05) is 36.4 Å². The van der Waals surface area contributed by atoms with Gasteiger partial charge in [-0.25, -0.2) is 8.42 Å². The fraction of sp³-hybridized carbons (Fsp3) is 0.150.